The van der Waals surface area contributed by atoms with Gasteiger partial charge in [0.1, 0.15) is 6.26 Å². The number of aliphatic carboxylic acids is 1. The van der Waals surface area contributed by atoms with Crippen molar-refractivity contribution in [1.29, 1.82) is 0 Å². The zero-order chi connectivity index (χ0) is 13.8. The molecule has 0 radical (unpaired) electrons. The molecule has 2 heterocycles. The van der Waals surface area contributed by atoms with Gasteiger partial charge in [0.25, 0.3) is 5.91 Å². The van der Waals surface area contributed by atoms with E-state index in [0.717, 1.165) is 19.1 Å². The first-order chi connectivity index (χ1) is 9.06. The summed E-state index contributed by atoms with van der Waals surface area (Å²) < 4.78 is 4.66. The molecule has 0 saturated carbocycles. The highest BCUT2D eigenvalue weighted by atomic mass is 16.4. The van der Waals surface area contributed by atoms with E-state index in [0.29, 0.717) is 18.7 Å². The number of carboxylic acid groups (broad SMARTS) is 1. The Labute approximate surface area is 109 Å². The molecule has 0 aromatic carbocycles. The summed E-state index contributed by atoms with van der Waals surface area (Å²) in [5, 5.41) is 8.78. The SMILES string of the molecule is O=C(O)CC1CCCN(C(=O)c2ccc(=O)oc2)C1. The highest BCUT2D eigenvalue weighted by Gasteiger charge is 2.26. The zero-order valence-corrected chi connectivity index (χ0v) is 10.4. The van der Waals surface area contributed by atoms with Gasteiger partial charge in [-0.1, -0.05) is 0 Å². The minimum absolute atomic E-state index is 0.00841. The van der Waals surface area contributed by atoms with Crippen molar-refractivity contribution < 1.29 is 19.1 Å². The van der Waals surface area contributed by atoms with Crippen LogP contribution in [0.3, 0.4) is 0 Å². The van der Waals surface area contributed by atoms with Crippen LogP contribution in [0.25, 0.3) is 0 Å². The lowest BCUT2D eigenvalue weighted by atomic mass is 9.94. The van der Waals surface area contributed by atoms with Crippen LogP contribution in [0.5, 0.6) is 0 Å². The molecular weight excluding hydrogens is 250 g/mol. The Morgan fingerprint density at radius 2 is 2.21 bits per heavy atom. The van der Waals surface area contributed by atoms with Gasteiger partial charge in [-0.3, -0.25) is 9.59 Å². The van der Waals surface area contributed by atoms with E-state index in [1.54, 1.807) is 4.90 Å². The smallest absolute Gasteiger partial charge is 0.335 e. The van der Waals surface area contributed by atoms with E-state index in [1.165, 1.54) is 12.1 Å². The first-order valence-corrected chi connectivity index (χ1v) is 6.16. The van der Waals surface area contributed by atoms with Gasteiger partial charge in [0.05, 0.1) is 5.56 Å². The second-order valence-electron chi connectivity index (χ2n) is 4.70. The average Bonchev–Trinajstić information content (AvgIpc) is 2.38. The third-order valence-corrected chi connectivity index (χ3v) is 3.22. The molecule has 1 aliphatic heterocycles. The number of piperidine rings is 1. The van der Waals surface area contributed by atoms with Crippen LogP contribution in [-0.2, 0) is 4.79 Å². The topological polar surface area (TPSA) is 87.8 Å². The highest BCUT2D eigenvalue weighted by Crippen LogP contribution is 2.21. The largest absolute Gasteiger partial charge is 0.481 e. The summed E-state index contributed by atoms with van der Waals surface area (Å²) in [4.78, 5) is 35.3. The molecule has 1 saturated heterocycles. The number of carboxylic acids is 1. The third-order valence-electron chi connectivity index (χ3n) is 3.22. The van der Waals surface area contributed by atoms with Crippen LogP contribution in [0.15, 0.2) is 27.6 Å². The fraction of sp³-hybridized carbons (Fsp3) is 0.462. The number of amides is 1. The molecular formula is C13H15NO5. The van der Waals surface area contributed by atoms with Gasteiger partial charge in [0.2, 0.25) is 0 Å². The summed E-state index contributed by atoms with van der Waals surface area (Å²) in [7, 11) is 0. The van der Waals surface area contributed by atoms with Crippen molar-refractivity contribution in [1.82, 2.24) is 4.90 Å². The van der Waals surface area contributed by atoms with Crippen molar-refractivity contribution in [3.8, 4) is 0 Å². The van der Waals surface area contributed by atoms with Gasteiger partial charge >= 0.3 is 11.6 Å². The number of hydrogen-bond acceptors (Lipinski definition) is 4. The Bertz CT molecular complexity index is 516. The van der Waals surface area contributed by atoms with Crippen LogP contribution in [0.1, 0.15) is 29.6 Å². The molecule has 0 spiro atoms. The van der Waals surface area contributed by atoms with Crippen molar-refractivity contribution in [3.05, 3.63) is 34.4 Å². The summed E-state index contributed by atoms with van der Waals surface area (Å²) in [6.45, 7) is 1.04. The summed E-state index contributed by atoms with van der Waals surface area (Å²) in [5.41, 5.74) is -0.186. The summed E-state index contributed by atoms with van der Waals surface area (Å²) in [6, 6.07) is 2.63. The predicted octanol–water partition coefficient (Wildman–Crippen LogP) is 0.967. The monoisotopic (exact) mass is 265 g/mol. The Hall–Kier alpha value is -2.11. The normalized spacial score (nSPS) is 19.2. The molecule has 1 fully saturated rings. The molecule has 1 amide bonds. The molecule has 19 heavy (non-hydrogen) atoms. The maximum atomic E-state index is 12.2. The highest BCUT2D eigenvalue weighted by molar-refractivity contribution is 5.93. The molecule has 1 aromatic rings. The Kier molecular flexibility index (Phi) is 3.99. The first-order valence-electron chi connectivity index (χ1n) is 6.16. The predicted molar refractivity (Wildman–Crippen MR) is 65.9 cm³/mol. The van der Waals surface area contributed by atoms with E-state index < -0.39 is 11.6 Å². The number of hydrogen-bond donors (Lipinski definition) is 1. The maximum Gasteiger partial charge on any atom is 0.335 e. The van der Waals surface area contributed by atoms with Crippen molar-refractivity contribution in [3.63, 3.8) is 0 Å². The van der Waals surface area contributed by atoms with Crippen LogP contribution in [0.2, 0.25) is 0 Å². The number of carbonyl (C=O) groups is 2. The molecule has 6 heteroatoms. The van der Waals surface area contributed by atoms with Crippen molar-refractivity contribution in [2.24, 2.45) is 5.92 Å². The van der Waals surface area contributed by atoms with Crippen molar-refractivity contribution in [2.75, 3.05) is 13.1 Å². The van der Waals surface area contributed by atoms with E-state index in [2.05, 4.69) is 4.42 Å². The average molecular weight is 265 g/mol. The molecule has 6 nitrogen and oxygen atoms in total. The second kappa shape index (κ2) is 5.69. The Morgan fingerprint density at radius 3 is 2.84 bits per heavy atom. The Morgan fingerprint density at radius 1 is 1.42 bits per heavy atom. The molecule has 1 aromatic heterocycles. The molecule has 1 unspecified atom stereocenters. The fourth-order valence-electron chi connectivity index (χ4n) is 2.33. The first kappa shape index (κ1) is 13.3. The number of nitrogens with zero attached hydrogens (tertiary/aromatic N) is 1. The fourth-order valence-corrected chi connectivity index (χ4v) is 2.33. The number of rotatable bonds is 3. The lowest BCUT2D eigenvalue weighted by molar-refractivity contribution is -0.138. The van der Waals surface area contributed by atoms with E-state index in [1.807, 2.05) is 0 Å². The number of likely N-dealkylation sites (tertiary alicyclic amines) is 1. The minimum atomic E-state index is -0.843. The van der Waals surface area contributed by atoms with Gasteiger partial charge in [-0.05, 0) is 24.8 Å². The molecule has 2 rings (SSSR count). The molecule has 102 valence electrons. The van der Waals surface area contributed by atoms with E-state index in [4.69, 9.17) is 5.11 Å². The van der Waals surface area contributed by atoms with Crippen LogP contribution < -0.4 is 5.63 Å². The second-order valence-corrected chi connectivity index (χ2v) is 4.70. The standard InChI is InChI=1S/C13H15NO5/c15-11(16)6-9-2-1-5-14(7-9)13(18)10-3-4-12(17)19-8-10/h3-4,8-9H,1-2,5-7H2,(H,15,16). The molecule has 0 aliphatic carbocycles. The van der Waals surface area contributed by atoms with Crippen LogP contribution >= 0.6 is 0 Å². The van der Waals surface area contributed by atoms with E-state index in [-0.39, 0.29) is 18.2 Å². The van der Waals surface area contributed by atoms with Gasteiger partial charge in [0.15, 0.2) is 0 Å². The Balaban J connectivity index is 2.04. The number of carbonyl (C=O) groups excluding carboxylic acids is 1. The minimum Gasteiger partial charge on any atom is -0.481 e. The van der Waals surface area contributed by atoms with Gasteiger partial charge < -0.3 is 14.4 Å². The summed E-state index contributed by atoms with van der Waals surface area (Å²) >= 11 is 0. The van der Waals surface area contributed by atoms with Crippen molar-refractivity contribution in [2.45, 2.75) is 19.3 Å². The van der Waals surface area contributed by atoms with E-state index >= 15 is 0 Å². The molecule has 0 bridgehead atoms. The quantitative estimate of drug-likeness (QED) is 0.879. The molecule has 1 aliphatic rings. The van der Waals surface area contributed by atoms with Gasteiger partial charge in [0, 0.05) is 25.6 Å². The zero-order valence-electron chi connectivity index (χ0n) is 10.4. The summed E-state index contributed by atoms with van der Waals surface area (Å²) in [5.74, 6) is -1.07. The maximum absolute atomic E-state index is 12.2. The molecule has 1 atom stereocenters. The van der Waals surface area contributed by atoms with Gasteiger partial charge in [-0.25, -0.2) is 4.79 Å². The van der Waals surface area contributed by atoms with Crippen molar-refractivity contribution >= 4 is 11.9 Å². The van der Waals surface area contributed by atoms with Crippen LogP contribution in [0, 0.1) is 5.92 Å². The van der Waals surface area contributed by atoms with Gasteiger partial charge in [-0.2, -0.15) is 0 Å². The molecule has 1 N–H and O–H groups in total. The van der Waals surface area contributed by atoms with Crippen LogP contribution in [0.4, 0.5) is 0 Å². The van der Waals surface area contributed by atoms with Gasteiger partial charge in [-0.15, -0.1) is 0 Å². The third kappa shape index (κ3) is 3.43. The van der Waals surface area contributed by atoms with Crippen LogP contribution in [-0.4, -0.2) is 35.0 Å². The lowest BCUT2D eigenvalue weighted by Gasteiger charge is -2.32. The lowest BCUT2D eigenvalue weighted by Crippen LogP contribution is -2.40. The summed E-state index contributed by atoms with van der Waals surface area (Å²) in [6.07, 6.45) is 2.83. The van der Waals surface area contributed by atoms with E-state index in [9.17, 15) is 14.4 Å².